The lowest BCUT2D eigenvalue weighted by molar-refractivity contribution is -0.123. The zero-order chi connectivity index (χ0) is 15.1. The van der Waals surface area contributed by atoms with Gasteiger partial charge in [-0.25, -0.2) is 4.98 Å². The molecule has 6 heteroatoms. The molecule has 0 saturated carbocycles. The molecule has 21 heavy (non-hydrogen) atoms. The van der Waals surface area contributed by atoms with Crippen LogP contribution in [0.5, 0.6) is 11.5 Å². The number of aryl methyl sites for hydroxylation is 1. The smallest absolute Gasteiger partial charge is 0.257 e. The van der Waals surface area contributed by atoms with Gasteiger partial charge in [0.25, 0.3) is 5.91 Å². The van der Waals surface area contributed by atoms with E-state index < -0.39 is 0 Å². The number of ether oxygens (including phenoxy) is 2. The standard InChI is InChI=1S/C15H18N2O3S/c1-11-9-17-15(21-11)7-8-16-14(18)10-20-13-6-4-3-5-12(13)19-2/h3-6,9H,7-8,10H2,1-2H3,(H,16,18). The van der Waals surface area contributed by atoms with Crippen LogP contribution in [-0.2, 0) is 11.2 Å². The lowest BCUT2D eigenvalue weighted by Crippen LogP contribution is -2.30. The highest BCUT2D eigenvalue weighted by atomic mass is 32.1. The van der Waals surface area contributed by atoms with Crippen LogP contribution in [0.15, 0.2) is 30.5 Å². The van der Waals surface area contributed by atoms with Gasteiger partial charge in [-0.15, -0.1) is 11.3 Å². The number of thiazole rings is 1. The minimum atomic E-state index is -0.158. The lowest BCUT2D eigenvalue weighted by Gasteiger charge is -2.10. The number of rotatable bonds is 7. The molecule has 0 radical (unpaired) electrons. The number of carbonyl (C=O) groups is 1. The number of benzene rings is 1. The van der Waals surface area contributed by atoms with Gasteiger partial charge in [-0.05, 0) is 19.1 Å². The fourth-order valence-corrected chi connectivity index (χ4v) is 2.54. The van der Waals surface area contributed by atoms with Crippen LogP contribution in [0.25, 0.3) is 0 Å². The molecule has 112 valence electrons. The highest BCUT2D eigenvalue weighted by Gasteiger charge is 2.07. The second-order valence-corrected chi connectivity index (χ2v) is 5.72. The number of para-hydroxylation sites is 2. The van der Waals surface area contributed by atoms with E-state index >= 15 is 0 Å². The largest absolute Gasteiger partial charge is 0.493 e. The van der Waals surface area contributed by atoms with Gasteiger partial charge in [0.05, 0.1) is 12.1 Å². The monoisotopic (exact) mass is 306 g/mol. The normalized spacial score (nSPS) is 10.2. The van der Waals surface area contributed by atoms with Crippen molar-refractivity contribution in [3.05, 3.63) is 40.3 Å². The third-order valence-electron chi connectivity index (χ3n) is 2.76. The molecule has 1 aromatic heterocycles. The van der Waals surface area contributed by atoms with Gasteiger partial charge in [-0.1, -0.05) is 12.1 Å². The van der Waals surface area contributed by atoms with Crippen molar-refractivity contribution in [2.45, 2.75) is 13.3 Å². The molecule has 2 rings (SSSR count). The van der Waals surface area contributed by atoms with Gasteiger partial charge in [0.15, 0.2) is 18.1 Å². The maximum absolute atomic E-state index is 11.7. The molecule has 0 atom stereocenters. The molecule has 0 aliphatic heterocycles. The molecule has 0 unspecified atom stereocenters. The summed E-state index contributed by atoms with van der Waals surface area (Å²) in [7, 11) is 1.57. The summed E-state index contributed by atoms with van der Waals surface area (Å²) < 4.78 is 10.6. The Labute approximate surface area is 127 Å². The van der Waals surface area contributed by atoms with E-state index in [1.54, 1.807) is 30.6 Å². The zero-order valence-electron chi connectivity index (χ0n) is 12.1. The first-order chi connectivity index (χ1) is 10.2. The summed E-state index contributed by atoms with van der Waals surface area (Å²) >= 11 is 1.64. The highest BCUT2D eigenvalue weighted by Crippen LogP contribution is 2.25. The Morgan fingerprint density at radius 2 is 2.10 bits per heavy atom. The van der Waals surface area contributed by atoms with E-state index in [1.165, 1.54) is 4.88 Å². The fraction of sp³-hybridized carbons (Fsp3) is 0.333. The summed E-state index contributed by atoms with van der Waals surface area (Å²) in [4.78, 5) is 17.1. The van der Waals surface area contributed by atoms with Crippen molar-refractivity contribution in [3.63, 3.8) is 0 Å². The van der Waals surface area contributed by atoms with Crippen molar-refractivity contribution < 1.29 is 14.3 Å². The van der Waals surface area contributed by atoms with E-state index in [-0.39, 0.29) is 12.5 Å². The number of nitrogens with one attached hydrogen (secondary N) is 1. The summed E-state index contributed by atoms with van der Waals surface area (Å²) in [5.41, 5.74) is 0. The molecular weight excluding hydrogens is 288 g/mol. The molecule has 0 saturated heterocycles. The molecule has 1 amide bonds. The zero-order valence-corrected chi connectivity index (χ0v) is 12.9. The van der Waals surface area contributed by atoms with Crippen LogP contribution < -0.4 is 14.8 Å². The van der Waals surface area contributed by atoms with E-state index in [1.807, 2.05) is 25.3 Å². The summed E-state index contributed by atoms with van der Waals surface area (Å²) in [6, 6.07) is 7.24. The molecule has 2 aromatic rings. The number of nitrogens with zero attached hydrogens (tertiary/aromatic N) is 1. The van der Waals surface area contributed by atoms with E-state index in [2.05, 4.69) is 10.3 Å². The van der Waals surface area contributed by atoms with Gasteiger partial charge < -0.3 is 14.8 Å². The van der Waals surface area contributed by atoms with Gasteiger partial charge in [-0.3, -0.25) is 4.79 Å². The molecule has 0 spiro atoms. The van der Waals surface area contributed by atoms with Crippen LogP contribution in [0.4, 0.5) is 0 Å². The lowest BCUT2D eigenvalue weighted by atomic mass is 10.3. The van der Waals surface area contributed by atoms with Gasteiger partial charge in [0.2, 0.25) is 0 Å². The number of aromatic nitrogens is 1. The van der Waals surface area contributed by atoms with Crippen LogP contribution in [0.2, 0.25) is 0 Å². The molecule has 0 aliphatic rings. The fourth-order valence-electron chi connectivity index (χ4n) is 1.76. The predicted molar refractivity (Wildman–Crippen MR) is 82.1 cm³/mol. The Hall–Kier alpha value is -2.08. The second kappa shape index (κ2) is 7.64. The van der Waals surface area contributed by atoms with Crippen LogP contribution >= 0.6 is 11.3 Å². The van der Waals surface area contributed by atoms with Crippen LogP contribution in [-0.4, -0.2) is 31.2 Å². The maximum atomic E-state index is 11.7. The highest BCUT2D eigenvalue weighted by molar-refractivity contribution is 7.11. The van der Waals surface area contributed by atoms with E-state index in [0.29, 0.717) is 18.0 Å². The molecule has 5 nitrogen and oxygen atoms in total. The van der Waals surface area contributed by atoms with Crippen molar-refractivity contribution in [2.24, 2.45) is 0 Å². The van der Waals surface area contributed by atoms with Gasteiger partial charge >= 0.3 is 0 Å². The Balaban J connectivity index is 1.72. The van der Waals surface area contributed by atoms with Crippen molar-refractivity contribution in [2.75, 3.05) is 20.3 Å². The van der Waals surface area contributed by atoms with E-state index in [0.717, 1.165) is 11.4 Å². The third-order valence-corrected chi connectivity index (χ3v) is 3.73. The average Bonchev–Trinajstić information content (AvgIpc) is 2.91. The Kier molecular flexibility index (Phi) is 5.57. The summed E-state index contributed by atoms with van der Waals surface area (Å²) in [6.45, 7) is 2.54. The Morgan fingerprint density at radius 1 is 1.33 bits per heavy atom. The SMILES string of the molecule is COc1ccccc1OCC(=O)NCCc1ncc(C)s1. The average molecular weight is 306 g/mol. The molecule has 1 N–H and O–H groups in total. The minimum Gasteiger partial charge on any atom is -0.493 e. The molecule has 0 bridgehead atoms. The van der Waals surface area contributed by atoms with Crippen molar-refractivity contribution in [1.29, 1.82) is 0 Å². The predicted octanol–water partition coefficient (Wildman–Crippen LogP) is 2.20. The molecule has 1 heterocycles. The van der Waals surface area contributed by atoms with E-state index in [9.17, 15) is 4.79 Å². The molecule has 1 aromatic carbocycles. The quantitative estimate of drug-likeness (QED) is 0.852. The number of methoxy groups -OCH3 is 1. The molecule has 0 aliphatic carbocycles. The number of carbonyl (C=O) groups excluding carboxylic acids is 1. The third kappa shape index (κ3) is 4.75. The van der Waals surface area contributed by atoms with Crippen LogP contribution in [0.1, 0.15) is 9.88 Å². The van der Waals surface area contributed by atoms with Gasteiger partial charge in [0.1, 0.15) is 0 Å². The topological polar surface area (TPSA) is 60.5 Å². The summed E-state index contributed by atoms with van der Waals surface area (Å²) in [5, 5.41) is 3.84. The van der Waals surface area contributed by atoms with Gasteiger partial charge in [-0.2, -0.15) is 0 Å². The second-order valence-electron chi connectivity index (χ2n) is 4.40. The Bertz CT molecular complexity index is 598. The molecule has 0 fully saturated rings. The maximum Gasteiger partial charge on any atom is 0.257 e. The number of hydrogen-bond donors (Lipinski definition) is 1. The first-order valence-electron chi connectivity index (χ1n) is 6.63. The van der Waals surface area contributed by atoms with Gasteiger partial charge in [0, 0.05) is 24.0 Å². The van der Waals surface area contributed by atoms with Crippen molar-refractivity contribution in [1.82, 2.24) is 10.3 Å². The summed E-state index contributed by atoms with van der Waals surface area (Å²) in [5.74, 6) is 1.02. The van der Waals surface area contributed by atoms with Crippen molar-refractivity contribution in [3.8, 4) is 11.5 Å². The first-order valence-corrected chi connectivity index (χ1v) is 7.44. The van der Waals surface area contributed by atoms with Crippen molar-refractivity contribution >= 4 is 17.2 Å². The van der Waals surface area contributed by atoms with Crippen LogP contribution in [0, 0.1) is 6.92 Å². The first kappa shape index (κ1) is 15.3. The molecular formula is C15H18N2O3S. The number of amides is 1. The van der Waals surface area contributed by atoms with E-state index in [4.69, 9.17) is 9.47 Å². The number of hydrogen-bond acceptors (Lipinski definition) is 5. The minimum absolute atomic E-state index is 0.0305. The van der Waals surface area contributed by atoms with Crippen LogP contribution in [0.3, 0.4) is 0 Å². The summed E-state index contributed by atoms with van der Waals surface area (Å²) in [6.07, 6.45) is 2.57. The Morgan fingerprint density at radius 3 is 2.76 bits per heavy atom.